The highest BCUT2D eigenvalue weighted by Gasteiger charge is 2.36. The second-order valence-corrected chi connectivity index (χ2v) is 6.15. The van der Waals surface area contributed by atoms with Crippen molar-refractivity contribution in [3.8, 4) is 11.5 Å². The lowest BCUT2D eigenvalue weighted by Crippen LogP contribution is -2.34. The van der Waals surface area contributed by atoms with Crippen molar-refractivity contribution in [2.24, 2.45) is 0 Å². The first-order valence-electron chi connectivity index (χ1n) is 7.16. The van der Waals surface area contributed by atoms with Crippen LogP contribution in [0.15, 0.2) is 35.8 Å². The number of imide groups is 1. The highest BCUT2D eigenvalue weighted by atomic mass is 32.2. The van der Waals surface area contributed by atoms with Crippen molar-refractivity contribution in [2.75, 3.05) is 13.7 Å². The fourth-order valence-corrected chi connectivity index (χ4v) is 3.08. The second-order valence-electron chi connectivity index (χ2n) is 5.16. The second kappa shape index (κ2) is 7.37. The van der Waals surface area contributed by atoms with Gasteiger partial charge in [0.1, 0.15) is 6.61 Å². The fourth-order valence-electron chi connectivity index (χ4n) is 2.12. The summed E-state index contributed by atoms with van der Waals surface area (Å²) in [6.07, 6.45) is 3.34. The molecule has 0 unspecified atom stereocenters. The van der Waals surface area contributed by atoms with Gasteiger partial charge in [-0.05, 0) is 49.4 Å². The Balaban J connectivity index is 2.27. The molecule has 6 heteroatoms. The van der Waals surface area contributed by atoms with E-state index in [1.807, 2.05) is 19.9 Å². The Morgan fingerprint density at radius 1 is 1.30 bits per heavy atom. The molecule has 0 N–H and O–H groups in total. The maximum absolute atomic E-state index is 12.3. The van der Waals surface area contributed by atoms with Crippen molar-refractivity contribution >= 4 is 29.0 Å². The summed E-state index contributed by atoms with van der Waals surface area (Å²) in [5.74, 6) is 0.893. The number of nitrogens with zero attached hydrogens (tertiary/aromatic N) is 1. The van der Waals surface area contributed by atoms with E-state index >= 15 is 0 Å². The zero-order chi connectivity index (χ0) is 17.0. The van der Waals surface area contributed by atoms with Crippen LogP contribution in [0.5, 0.6) is 11.5 Å². The van der Waals surface area contributed by atoms with Crippen molar-refractivity contribution < 1.29 is 19.1 Å². The van der Waals surface area contributed by atoms with E-state index in [0.29, 0.717) is 23.0 Å². The molecule has 0 aliphatic carbocycles. The third-order valence-electron chi connectivity index (χ3n) is 3.18. The molecule has 1 aliphatic rings. The van der Waals surface area contributed by atoms with Crippen LogP contribution in [0.2, 0.25) is 0 Å². The zero-order valence-electron chi connectivity index (χ0n) is 13.4. The van der Waals surface area contributed by atoms with Crippen LogP contribution in [-0.4, -0.2) is 35.8 Å². The smallest absolute Gasteiger partial charge is 0.293 e. The van der Waals surface area contributed by atoms with E-state index in [1.165, 1.54) is 4.90 Å². The molecule has 1 fully saturated rings. The van der Waals surface area contributed by atoms with Gasteiger partial charge in [-0.25, -0.2) is 0 Å². The molecule has 1 aliphatic heterocycles. The molecule has 0 atom stereocenters. The zero-order valence-corrected chi connectivity index (χ0v) is 14.2. The molecule has 1 heterocycles. The Hall–Kier alpha value is -2.21. The van der Waals surface area contributed by atoms with Gasteiger partial charge >= 0.3 is 0 Å². The first-order chi connectivity index (χ1) is 11.0. The number of thioether (sulfide) groups is 1. The number of rotatable bonds is 6. The highest BCUT2D eigenvalue weighted by Crippen LogP contribution is 2.35. The Bertz CT molecular complexity index is 667. The SMILES string of the molecule is C=CCOc1ccc(/C=C2\SC(=O)N(C(C)C)C2=O)cc1OC. The third kappa shape index (κ3) is 3.76. The van der Waals surface area contributed by atoms with Crippen molar-refractivity contribution in [2.45, 2.75) is 19.9 Å². The van der Waals surface area contributed by atoms with Gasteiger partial charge in [0.15, 0.2) is 11.5 Å². The van der Waals surface area contributed by atoms with E-state index in [0.717, 1.165) is 17.3 Å². The van der Waals surface area contributed by atoms with Crippen LogP contribution in [0.4, 0.5) is 4.79 Å². The molecular formula is C17H19NO4S. The highest BCUT2D eigenvalue weighted by molar-refractivity contribution is 8.18. The number of benzene rings is 1. The molecule has 23 heavy (non-hydrogen) atoms. The molecule has 0 aromatic heterocycles. The number of carbonyl (C=O) groups is 2. The summed E-state index contributed by atoms with van der Waals surface area (Å²) in [5.41, 5.74) is 0.766. The number of methoxy groups -OCH3 is 1. The Kier molecular flexibility index (Phi) is 5.50. The Morgan fingerprint density at radius 3 is 2.61 bits per heavy atom. The van der Waals surface area contributed by atoms with Crippen molar-refractivity contribution in [1.29, 1.82) is 0 Å². The van der Waals surface area contributed by atoms with Crippen molar-refractivity contribution in [3.05, 3.63) is 41.3 Å². The van der Waals surface area contributed by atoms with Crippen LogP contribution in [-0.2, 0) is 4.79 Å². The maximum atomic E-state index is 12.3. The average Bonchev–Trinajstić information content (AvgIpc) is 2.79. The summed E-state index contributed by atoms with van der Waals surface area (Å²) in [6.45, 7) is 7.61. The van der Waals surface area contributed by atoms with Gasteiger partial charge in [-0.1, -0.05) is 18.7 Å². The number of hydrogen-bond acceptors (Lipinski definition) is 5. The van der Waals surface area contributed by atoms with Gasteiger partial charge in [0.25, 0.3) is 11.1 Å². The largest absolute Gasteiger partial charge is 0.493 e. The summed E-state index contributed by atoms with van der Waals surface area (Å²) in [4.78, 5) is 25.8. The number of carbonyl (C=O) groups excluding carboxylic acids is 2. The minimum atomic E-state index is -0.263. The van der Waals surface area contributed by atoms with Crippen LogP contribution in [0.1, 0.15) is 19.4 Å². The molecule has 0 radical (unpaired) electrons. The van der Waals surface area contributed by atoms with Gasteiger partial charge in [0.05, 0.1) is 12.0 Å². The molecule has 0 bridgehead atoms. The minimum Gasteiger partial charge on any atom is -0.493 e. The van der Waals surface area contributed by atoms with E-state index in [4.69, 9.17) is 9.47 Å². The molecule has 0 spiro atoms. The molecule has 5 nitrogen and oxygen atoms in total. The molecule has 2 amide bonds. The van der Waals surface area contributed by atoms with Crippen molar-refractivity contribution in [1.82, 2.24) is 4.90 Å². The Morgan fingerprint density at radius 2 is 2.04 bits per heavy atom. The van der Waals surface area contributed by atoms with E-state index in [1.54, 1.807) is 31.4 Å². The fraction of sp³-hybridized carbons (Fsp3) is 0.294. The van der Waals surface area contributed by atoms with E-state index in [9.17, 15) is 9.59 Å². The standard InChI is InChI=1S/C17H19NO4S/c1-5-8-22-13-7-6-12(9-14(13)21-4)10-15-16(19)18(11(2)3)17(20)23-15/h5-7,9-11H,1,8H2,2-4H3/b15-10-. The van der Waals surface area contributed by atoms with Gasteiger partial charge in [-0.3, -0.25) is 14.5 Å². The molecule has 2 rings (SSSR count). The van der Waals surface area contributed by atoms with Gasteiger partial charge in [-0.15, -0.1) is 0 Å². The first kappa shape index (κ1) is 17.1. The average molecular weight is 333 g/mol. The maximum Gasteiger partial charge on any atom is 0.293 e. The van der Waals surface area contributed by atoms with E-state index < -0.39 is 0 Å². The number of hydrogen-bond donors (Lipinski definition) is 0. The first-order valence-corrected chi connectivity index (χ1v) is 7.98. The lowest BCUT2D eigenvalue weighted by atomic mass is 10.2. The molecule has 122 valence electrons. The van der Waals surface area contributed by atoms with Crippen LogP contribution in [0.25, 0.3) is 6.08 Å². The van der Waals surface area contributed by atoms with Gasteiger partial charge in [0, 0.05) is 6.04 Å². The molecule has 1 saturated heterocycles. The van der Waals surface area contributed by atoms with Crippen LogP contribution in [0, 0.1) is 0 Å². The summed E-state index contributed by atoms with van der Waals surface area (Å²) in [7, 11) is 1.55. The summed E-state index contributed by atoms with van der Waals surface area (Å²) in [6, 6.07) is 5.19. The van der Waals surface area contributed by atoms with Crippen LogP contribution in [0.3, 0.4) is 0 Å². The lowest BCUT2D eigenvalue weighted by Gasteiger charge is -2.16. The molecular weight excluding hydrogens is 314 g/mol. The Labute approximate surface area is 139 Å². The van der Waals surface area contributed by atoms with Crippen molar-refractivity contribution in [3.63, 3.8) is 0 Å². The minimum absolute atomic E-state index is 0.155. The monoisotopic (exact) mass is 333 g/mol. The third-order valence-corrected chi connectivity index (χ3v) is 4.07. The molecule has 0 saturated carbocycles. The van der Waals surface area contributed by atoms with E-state index in [-0.39, 0.29) is 17.2 Å². The van der Waals surface area contributed by atoms with Gasteiger partial charge in [-0.2, -0.15) is 0 Å². The quantitative estimate of drug-likeness (QED) is 0.587. The summed E-state index contributed by atoms with van der Waals surface area (Å²) < 4.78 is 10.8. The lowest BCUT2D eigenvalue weighted by molar-refractivity contribution is -0.123. The molecule has 1 aromatic rings. The number of amides is 2. The van der Waals surface area contributed by atoms with E-state index in [2.05, 4.69) is 6.58 Å². The van der Waals surface area contributed by atoms with Gasteiger partial charge in [0.2, 0.25) is 0 Å². The van der Waals surface area contributed by atoms with Gasteiger partial charge < -0.3 is 9.47 Å². The summed E-state index contributed by atoms with van der Waals surface area (Å²) in [5, 5.41) is -0.242. The molecule has 1 aromatic carbocycles. The topological polar surface area (TPSA) is 55.8 Å². The number of ether oxygens (including phenoxy) is 2. The normalized spacial score (nSPS) is 16.3. The van der Waals surface area contributed by atoms with Crippen LogP contribution >= 0.6 is 11.8 Å². The predicted octanol–water partition coefficient (Wildman–Crippen LogP) is 3.70. The summed E-state index contributed by atoms with van der Waals surface area (Å²) >= 11 is 0.950. The predicted molar refractivity (Wildman–Crippen MR) is 91.6 cm³/mol. The van der Waals surface area contributed by atoms with Crippen LogP contribution < -0.4 is 9.47 Å².